The average molecular weight is 239 g/mol. The van der Waals surface area contributed by atoms with Gasteiger partial charge in [-0.3, -0.25) is 5.43 Å². The number of thiocarbonyl (C=S) groups is 1. The fourth-order valence-corrected chi connectivity index (χ4v) is 2.24. The zero-order valence-corrected chi connectivity index (χ0v) is 10.2. The minimum Gasteiger partial charge on any atom is -0.383 e. The van der Waals surface area contributed by atoms with E-state index in [0.29, 0.717) is 24.2 Å². The first-order chi connectivity index (χ1) is 7.81. The third kappa shape index (κ3) is 2.59. The molecule has 0 aromatic heterocycles. The highest BCUT2D eigenvalue weighted by molar-refractivity contribution is 7.80. The van der Waals surface area contributed by atoms with E-state index in [-0.39, 0.29) is 0 Å². The summed E-state index contributed by atoms with van der Waals surface area (Å²) >= 11 is 5.08. The molecule has 0 spiro atoms. The van der Waals surface area contributed by atoms with Gasteiger partial charge in [0.2, 0.25) is 0 Å². The van der Waals surface area contributed by atoms with Gasteiger partial charge in [-0.25, -0.2) is 0 Å². The van der Waals surface area contributed by atoms with Gasteiger partial charge in [0.1, 0.15) is 0 Å². The Morgan fingerprint density at radius 2 is 2.56 bits per heavy atom. The van der Waals surface area contributed by atoms with Crippen LogP contribution in [-0.2, 0) is 4.74 Å². The molecule has 88 valence electrons. The number of allylic oxidation sites excluding steroid dienone is 2. The lowest BCUT2D eigenvalue weighted by Gasteiger charge is -2.31. The SMILES string of the molecule is COCCNC(=S)N/N=C1\CC2C=CCC12. The van der Waals surface area contributed by atoms with E-state index in [0.717, 1.165) is 18.8 Å². The number of ether oxygens (including phenoxy) is 1. The van der Waals surface area contributed by atoms with Crippen LogP contribution in [0, 0.1) is 11.8 Å². The Morgan fingerprint density at radius 3 is 3.31 bits per heavy atom. The molecule has 2 aliphatic rings. The summed E-state index contributed by atoms with van der Waals surface area (Å²) in [5.41, 5.74) is 4.12. The van der Waals surface area contributed by atoms with Gasteiger partial charge in [-0.1, -0.05) is 12.2 Å². The number of rotatable bonds is 4. The maximum atomic E-state index is 5.08. The van der Waals surface area contributed by atoms with Gasteiger partial charge in [0.25, 0.3) is 0 Å². The van der Waals surface area contributed by atoms with Gasteiger partial charge in [-0.2, -0.15) is 5.10 Å². The summed E-state index contributed by atoms with van der Waals surface area (Å²) in [6, 6.07) is 0. The number of nitrogens with zero attached hydrogens (tertiary/aromatic N) is 1. The number of methoxy groups -OCH3 is 1. The maximum absolute atomic E-state index is 5.08. The second-order valence-corrected chi connectivity index (χ2v) is 4.51. The van der Waals surface area contributed by atoms with Gasteiger partial charge in [-0.15, -0.1) is 0 Å². The summed E-state index contributed by atoms with van der Waals surface area (Å²) in [5, 5.41) is 7.92. The van der Waals surface area contributed by atoms with Crippen molar-refractivity contribution in [3.05, 3.63) is 12.2 Å². The van der Waals surface area contributed by atoms with Gasteiger partial charge in [-0.05, 0) is 31.0 Å². The predicted octanol–water partition coefficient (Wildman–Crippen LogP) is 1.05. The molecule has 4 nitrogen and oxygen atoms in total. The Hall–Kier alpha value is -0.940. The molecule has 1 fully saturated rings. The maximum Gasteiger partial charge on any atom is 0.187 e. The lowest BCUT2D eigenvalue weighted by molar-refractivity contribution is 0.204. The first kappa shape index (κ1) is 11.5. The van der Waals surface area contributed by atoms with Crippen molar-refractivity contribution in [3.8, 4) is 0 Å². The standard InChI is InChI=1S/C11H17N3OS/c1-15-6-5-12-11(16)14-13-10-7-8-3-2-4-9(8)10/h2-3,8-9H,4-7H2,1H3,(H2,12,14,16)/b13-10+. The lowest BCUT2D eigenvalue weighted by atomic mass is 9.74. The van der Waals surface area contributed by atoms with Crippen LogP contribution in [0.5, 0.6) is 0 Å². The van der Waals surface area contributed by atoms with Gasteiger partial charge >= 0.3 is 0 Å². The molecule has 2 rings (SSSR count). The topological polar surface area (TPSA) is 45.6 Å². The van der Waals surface area contributed by atoms with E-state index < -0.39 is 0 Å². The van der Waals surface area contributed by atoms with Crippen LogP contribution < -0.4 is 10.7 Å². The third-order valence-corrected chi connectivity index (χ3v) is 3.29. The van der Waals surface area contributed by atoms with Crippen molar-refractivity contribution in [3.63, 3.8) is 0 Å². The molecular weight excluding hydrogens is 222 g/mol. The highest BCUT2D eigenvalue weighted by Crippen LogP contribution is 2.39. The van der Waals surface area contributed by atoms with Crippen molar-refractivity contribution in [1.29, 1.82) is 0 Å². The van der Waals surface area contributed by atoms with E-state index >= 15 is 0 Å². The monoisotopic (exact) mass is 239 g/mol. The zero-order chi connectivity index (χ0) is 11.4. The van der Waals surface area contributed by atoms with Gasteiger partial charge in [0, 0.05) is 25.3 Å². The molecule has 0 aromatic rings. The van der Waals surface area contributed by atoms with E-state index in [4.69, 9.17) is 17.0 Å². The average Bonchev–Trinajstić information content (AvgIpc) is 2.61. The first-order valence-corrected chi connectivity index (χ1v) is 5.98. The van der Waals surface area contributed by atoms with Crippen molar-refractivity contribution < 1.29 is 4.74 Å². The number of hydrazone groups is 1. The van der Waals surface area contributed by atoms with E-state index in [1.54, 1.807) is 7.11 Å². The molecular formula is C11H17N3OS. The number of hydrogen-bond acceptors (Lipinski definition) is 3. The normalized spacial score (nSPS) is 28.7. The van der Waals surface area contributed by atoms with Crippen LogP contribution in [-0.4, -0.2) is 31.1 Å². The molecule has 0 aliphatic heterocycles. The summed E-state index contributed by atoms with van der Waals surface area (Å²) in [4.78, 5) is 0. The minimum absolute atomic E-state index is 0.568. The molecule has 1 saturated carbocycles. The molecule has 0 bridgehead atoms. The predicted molar refractivity (Wildman–Crippen MR) is 68.4 cm³/mol. The molecule has 2 atom stereocenters. The second-order valence-electron chi connectivity index (χ2n) is 4.10. The van der Waals surface area contributed by atoms with Crippen LogP contribution in [0.4, 0.5) is 0 Å². The molecule has 0 saturated heterocycles. The third-order valence-electron chi connectivity index (χ3n) is 3.06. The van der Waals surface area contributed by atoms with Crippen LogP contribution in [0.3, 0.4) is 0 Å². The van der Waals surface area contributed by atoms with Crippen LogP contribution in [0.1, 0.15) is 12.8 Å². The molecule has 0 amide bonds. The molecule has 0 heterocycles. The van der Waals surface area contributed by atoms with Crippen molar-refractivity contribution in [2.24, 2.45) is 16.9 Å². The molecule has 0 radical (unpaired) electrons. The van der Waals surface area contributed by atoms with Gasteiger partial charge in [0.05, 0.1) is 6.61 Å². The second kappa shape index (κ2) is 5.41. The van der Waals surface area contributed by atoms with Crippen molar-refractivity contribution in [2.75, 3.05) is 20.3 Å². The minimum atomic E-state index is 0.568. The van der Waals surface area contributed by atoms with Crippen molar-refractivity contribution >= 4 is 23.0 Å². The Labute approximate surface area is 101 Å². The van der Waals surface area contributed by atoms with Crippen LogP contribution in [0.2, 0.25) is 0 Å². The molecule has 0 aromatic carbocycles. The van der Waals surface area contributed by atoms with E-state index in [1.165, 1.54) is 5.71 Å². The van der Waals surface area contributed by atoms with Crippen LogP contribution in [0.25, 0.3) is 0 Å². The van der Waals surface area contributed by atoms with Crippen molar-refractivity contribution in [1.82, 2.24) is 10.7 Å². The Morgan fingerprint density at radius 1 is 1.69 bits per heavy atom. The number of fused-ring (bicyclic) bond motifs is 1. The molecule has 5 heteroatoms. The van der Waals surface area contributed by atoms with Gasteiger partial charge < -0.3 is 10.1 Å². The molecule has 2 aliphatic carbocycles. The smallest absolute Gasteiger partial charge is 0.187 e. The zero-order valence-electron chi connectivity index (χ0n) is 9.40. The van der Waals surface area contributed by atoms with Crippen LogP contribution in [0.15, 0.2) is 17.3 Å². The Kier molecular flexibility index (Phi) is 3.90. The highest BCUT2D eigenvalue weighted by Gasteiger charge is 2.37. The quantitative estimate of drug-likeness (QED) is 0.333. The summed E-state index contributed by atoms with van der Waals surface area (Å²) in [7, 11) is 1.67. The Balaban J connectivity index is 1.67. The van der Waals surface area contributed by atoms with Crippen molar-refractivity contribution in [2.45, 2.75) is 12.8 Å². The molecule has 16 heavy (non-hydrogen) atoms. The number of nitrogens with one attached hydrogen (secondary N) is 2. The summed E-state index contributed by atoms with van der Waals surface area (Å²) in [6.45, 7) is 1.35. The van der Waals surface area contributed by atoms with Crippen LogP contribution >= 0.6 is 12.2 Å². The molecule has 2 unspecified atom stereocenters. The van der Waals surface area contributed by atoms with E-state index in [2.05, 4.69) is 28.0 Å². The summed E-state index contributed by atoms with van der Waals surface area (Å²) in [5.74, 6) is 1.37. The highest BCUT2D eigenvalue weighted by atomic mass is 32.1. The fourth-order valence-electron chi connectivity index (χ4n) is 2.09. The summed E-state index contributed by atoms with van der Waals surface area (Å²) < 4.78 is 4.91. The van der Waals surface area contributed by atoms with E-state index in [9.17, 15) is 0 Å². The largest absolute Gasteiger partial charge is 0.383 e. The lowest BCUT2D eigenvalue weighted by Crippen LogP contribution is -2.39. The van der Waals surface area contributed by atoms with E-state index in [1.807, 2.05) is 0 Å². The molecule has 2 N–H and O–H groups in total. The first-order valence-electron chi connectivity index (χ1n) is 5.57. The summed E-state index contributed by atoms with van der Waals surface area (Å²) in [6.07, 6.45) is 6.75. The fraction of sp³-hybridized carbons (Fsp3) is 0.636. The van der Waals surface area contributed by atoms with Gasteiger partial charge in [0.15, 0.2) is 5.11 Å². The number of hydrogen-bond donors (Lipinski definition) is 2. The Bertz CT molecular complexity index is 327.